The Labute approximate surface area is 120 Å². The molecule has 0 aromatic heterocycles. The molecule has 2 aromatic carbocycles. The van der Waals surface area contributed by atoms with Gasteiger partial charge in [0.15, 0.2) is 0 Å². The highest BCUT2D eigenvalue weighted by Gasteiger charge is 2.18. The first-order valence-electron chi connectivity index (χ1n) is 5.99. The monoisotopic (exact) mass is 323 g/mol. The fourth-order valence-corrected chi connectivity index (χ4v) is 2.23. The highest BCUT2D eigenvalue weighted by atomic mass is 79.9. The van der Waals surface area contributed by atoms with Crippen LogP contribution in [0.1, 0.15) is 18.6 Å². The molecule has 0 heterocycles. The molecule has 0 aliphatic rings. The zero-order valence-corrected chi connectivity index (χ0v) is 12.1. The minimum absolute atomic E-state index is 0.249. The van der Waals surface area contributed by atoms with Gasteiger partial charge in [-0.15, -0.1) is 0 Å². The molecule has 2 N–H and O–H groups in total. The number of nitrogens with two attached hydrogens (primary N) is 1. The fraction of sp³-hybridized carbons (Fsp3) is 0.200. The molecule has 0 aliphatic heterocycles. The Kier molecular flexibility index (Phi) is 4.56. The normalized spacial score (nSPS) is 13.9. The van der Waals surface area contributed by atoms with Crippen LogP contribution in [0.3, 0.4) is 0 Å². The van der Waals surface area contributed by atoms with Crippen LogP contribution in [-0.2, 0) is 0 Å². The molecule has 0 saturated heterocycles. The average Bonchev–Trinajstić information content (AvgIpc) is 2.35. The summed E-state index contributed by atoms with van der Waals surface area (Å²) in [6.45, 7) is 1.84. The Bertz CT molecular complexity index is 559. The fourth-order valence-electron chi connectivity index (χ4n) is 1.85. The van der Waals surface area contributed by atoms with Crippen molar-refractivity contribution in [1.29, 1.82) is 0 Å². The van der Waals surface area contributed by atoms with Gasteiger partial charge in [0, 0.05) is 10.5 Å². The van der Waals surface area contributed by atoms with E-state index >= 15 is 0 Å². The van der Waals surface area contributed by atoms with Crippen LogP contribution >= 0.6 is 15.9 Å². The zero-order chi connectivity index (χ0) is 13.8. The lowest BCUT2D eigenvalue weighted by molar-refractivity contribution is 0.180. The van der Waals surface area contributed by atoms with Crippen molar-refractivity contribution in [3.8, 4) is 5.75 Å². The van der Waals surface area contributed by atoms with Crippen molar-refractivity contribution >= 4 is 15.9 Å². The molecule has 0 radical (unpaired) electrons. The number of hydrogen-bond donors (Lipinski definition) is 1. The van der Waals surface area contributed by atoms with E-state index in [4.69, 9.17) is 10.5 Å². The summed E-state index contributed by atoms with van der Waals surface area (Å²) in [4.78, 5) is 0. The van der Waals surface area contributed by atoms with Gasteiger partial charge in [0.2, 0.25) is 0 Å². The summed E-state index contributed by atoms with van der Waals surface area (Å²) in [6.07, 6.45) is -0.384. The smallest absolute Gasteiger partial charge is 0.139 e. The summed E-state index contributed by atoms with van der Waals surface area (Å²) in [5.74, 6) is 0.405. The molecule has 0 fully saturated rings. The van der Waals surface area contributed by atoms with Gasteiger partial charge in [-0.1, -0.05) is 34.1 Å². The van der Waals surface area contributed by atoms with Gasteiger partial charge in [0.25, 0.3) is 0 Å². The van der Waals surface area contributed by atoms with E-state index in [9.17, 15) is 4.39 Å². The van der Waals surface area contributed by atoms with E-state index in [-0.39, 0.29) is 18.0 Å². The van der Waals surface area contributed by atoms with Crippen LogP contribution in [0.5, 0.6) is 5.75 Å². The summed E-state index contributed by atoms with van der Waals surface area (Å²) in [6, 6.07) is 13.6. The van der Waals surface area contributed by atoms with E-state index in [2.05, 4.69) is 15.9 Å². The molecular formula is C15H15BrFNO. The summed E-state index contributed by atoms with van der Waals surface area (Å²) in [7, 11) is 0. The third kappa shape index (κ3) is 3.78. The van der Waals surface area contributed by atoms with E-state index in [1.807, 2.05) is 37.3 Å². The van der Waals surface area contributed by atoms with E-state index < -0.39 is 0 Å². The van der Waals surface area contributed by atoms with Crippen LogP contribution in [-0.4, -0.2) is 6.04 Å². The molecule has 0 amide bonds. The van der Waals surface area contributed by atoms with E-state index in [1.165, 1.54) is 12.1 Å². The van der Waals surface area contributed by atoms with Crippen molar-refractivity contribution in [3.63, 3.8) is 0 Å². The molecule has 100 valence electrons. The van der Waals surface area contributed by atoms with Crippen LogP contribution in [0.4, 0.5) is 4.39 Å². The van der Waals surface area contributed by atoms with Crippen molar-refractivity contribution in [1.82, 2.24) is 0 Å². The van der Waals surface area contributed by atoms with Crippen LogP contribution in [0.25, 0.3) is 0 Å². The van der Waals surface area contributed by atoms with Gasteiger partial charge in [-0.25, -0.2) is 4.39 Å². The van der Waals surface area contributed by atoms with Crippen molar-refractivity contribution in [3.05, 3.63) is 64.4 Å². The van der Waals surface area contributed by atoms with Crippen LogP contribution in [0.2, 0.25) is 0 Å². The molecule has 0 bridgehead atoms. The number of rotatable bonds is 4. The van der Waals surface area contributed by atoms with E-state index in [1.54, 1.807) is 6.07 Å². The van der Waals surface area contributed by atoms with E-state index in [0.29, 0.717) is 5.75 Å². The SMILES string of the molecule is CC(N)C(Oc1cccc(Br)c1)c1cccc(F)c1. The number of ether oxygens (including phenoxy) is 1. The molecule has 2 aromatic rings. The van der Waals surface area contributed by atoms with Crippen LogP contribution < -0.4 is 10.5 Å². The van der Waals surface area contributed by atoms with Crippen LogP contribution in [0, 0.1) is 5.82 Å². The Balaban J connectivity index is 2.26. The average molecular weight is 324 g/mol. The highest BCUT2D eigenvalue weighted by Crippen LogP contribution is 2.26. The first kappa shape index (κ1) is 14.0. The highest BCUT2D eigenvalue weighted by molar-refractivity contribution is 9.10. The Morgan fingerprint density at radius 2 is 1.89 bits per heavy atom. The van der Waals surface area contributed by atoms with Crippen molar-refractivity contribution < 1.29 is 9.13 Å². The molecule has 2 nitrogen and oxygen atoms in total. The summed E-state index contributed by atoms with van der Waals surface area (Å²) in [5, 5.41) is 0. The minimum Gasteiger partial charge on any atom is -0.484 e. The standard InChI is InChI=1S/C15H15BrFNO/c1-10(18)15(11-4-2-6-13(17)8-11)19-14-7-3-5-12(16)9-14/h2-10,15H,18H2,1H3. The number of hydrogen-bond acceptors (Lipinski definition) is 2. The molecule has 2 rings (SSSR count). The number of halogens is 2. The lowest BCUT2D eigenvalue weighted by atomic mass is 10.0. The lowest BCUT2D eigenvalue weighted by Gasteiger charge is -2.23. The maximum Gasteiger partial charge on any atom is 0.139 e. The van der Waals surface area contributed by atoms with Crippen LogP contribution in [0.15, 0.2) is 53.0 Å². The Morgan fingerprint density at radius 1 is 1.16 bits per heavy atom. The lowest BCUT2D eigenvalue weighted by Crippen LogP contribution is -2.29. The third-order valence-corrected chi connectivity index (χ3v) is 3.21. The van der Waals surface area contributed by atoms with Gasteiger partial charge in [0.1, 0.15) is 17.7 Å². The largest absolute Gasteiger partial charge is 0.484 e. The first-order chi connectivity index (χ1) is 9.06. The Hall–Kier alpha value is -1.39. The van der Waals surface area contributed by atoms with Gasteiger partial charge in [-0.3, -0.25) is 0 Å². The zero-order valence-electron chi connectivity index (χ0n) is 10.5. The molecule has 2 unspecified atom stereocenters. The second kappa shape index (κ2) is 6.17. The summed E-state index contributed by atoms with van der Waals surface area (Å²) < 4.78 is 20.1. The molecule has 0 saturated carbocycles. The van der Waals surface area contributed by atoms with Gasteiger partial charge >= 0.3 is 0 Å². The molecular weight excluding hydrogens is 309 g/mol. The molecule has 0 aliphatic carbocycles. The topological polar surface area (TPSA) is 35.2 Å². The Morgan fingerprint density at radius 3 is 2.53 bits per heavy atom. The first-order valence-corrected chi connectivity index (χ1v) is 6.79. The second-order valence-corrected chi connectivity index (χ2v) is 5.33. The van der Waals surface area contributed by atoms with Gasteiger partial charge in [0.05, 0.1) is 0 Å². The van der Waals surface area contributed by atoms with E-state index in [0.717, 1.165) is 10.0 Å². The van der Waals surface area contributed by atoms with Gasteiger partial charge in [-0.2, -0.15) is 0 Å². The predicted molar refractivity (Wildman–Crippen MR) is 77.6 cm³/mol. The van der Waals surface area contributed by atoms with Gasteiger partial charge < -0.3 is 10.5 Å². The van der Waals surface area contributed by atoms with Crippen molar-refractivity contribution in [2.45, 2.75) is 19.1 Å². The summed E-state index contributed by atoms with van der Waals surface area (Å²) >= 11 is 3.39. The van der Waals surface area contributed by atoms with Gasteiger partial charge in [-0.05, 0) is 42.8 Å². The number of benzene rings is 2. The van der Waals surface area contributed by atoms with Crippen molar-refractivity contribution in [2.24, 2.45) is 5.73 Å². The maximum absolute atomic E-state index is 13.3. The molecule has 0 spiro atoms. The summed E-state index contributed by atoms with van der Waals surface area (Å²) in [5.41, 5.74) is 6.68. The third-order valence-electron chi connectivity index (χ3n) is 2.71. The molecule has 2 atom stereocenters. The molecule has 4 heteroatoms. The maximum atomic E-state index is 13.3. The molecule has 19 heavy (non-hydrogen) atoms. The van der Waals surface area contributed by atoms with Crippen molar-refractivity contribution in [2.75, 3.05) is 0 Å². The predicted octanol–water partition coefficient (Wildman–Crippen LogP) is 4.06. The quantitative estimate of drug-likeness (QED) is 0.921. The second-order valence-electron chi connectivity index (χ2n) is 4.41. The minimum atomic E-state index is -0.384.